The van der Waals surface area contributed by atoms with Crippen molar-refractivity contribution < 1.29 is 9.53 Å². The lowest BCUT2D eigenvalue weighted by atomic mass is 10.2. The number of nitrogens with zero attached hydrogens (tertiary/aromatic N) is 1. The Labute approximate surface area is 121 Å². The number of amides is 1. The van der Waals surface area contributed by atoms with E-state index >= 15 is 0 Å². The van der Waals surface area contributed by atoms with Gasteiger partial charge in [-0.25, -0.2) is 0 Å². The normalized spacial score (nSPS) is 10.3. The summed E-state index contributed by atoms with van der Waals surface area (Å²) < 4.78 is 5.81. The van der Waals surface area contributed by atoms with Crippen LogP contribution in [0.4, 0.5) is 0 Å². The average Bonchev–Trinajstić information content (AvgIpc) is 2.83. The van der Waals surface area contributed by atoms with Crippen LogP contribution in [0.2, 0.25) is 4.34 Å². The van der Waals surface area contributed by atoms with E-state index in [0.29, 0.717) is 12.1 Å². The van der Waals surface area contributed by atoms with Crippen molar-refractivity contribution >= 4 is 28.8 Å². The summed E-state index contributed by atoms with van der Waals surface area (Å²) in [5.74, 6) is 0.719. The number of halogens is 1. The van der Waals surface area contributed by atoms with Crippen molar-refractivity contribution in [3.05, 3.63) is 51.2 Å². The van der Waals surface area contributed by atoms with Crippen molar-refractivity contribution in [3.8, 4) is 5.75 Å². The Balaban J connectivity index is 2.05. The molecule has 1 heterocycles. The zero-order valence-electron chi connectivity index (χ0n) is 10.7. The minimum Gasteiger partial charge on any atom is -0.497 e. The van der Waals surface area contributed by atoms with Gasteiger partial charge in [0.25, 0.3) is 5.91 Å². The third-order valence-corrected chi connectivity index (χ3v) is 3.92. The number of ether oxygens (including phenoxy) is 1. The van der Waals surface area contributed by atoms with Gasteiger partial charge >= 0.3 is 0 Å². The maximum atomic E-state index is 12.2. The first kappa shape index (κ1) is 13.9. The van der Waals surface area contributed by atoms with E-state index in [1.807, 2.05) is 12.1 Å². The van der Waals surface area contributed by atoms with Crippen molar-refractivity contribution in [2.24, 2.45) is 0 Å². The number of hydrogen-bond acceptors (Lipinski definition) is 3. The van der Waals surface area contributed by atoms with Gasteiger partial charge in [-0.3, -0.25) is 4.79 Å². The zero-order valence-corrected chi connectivity index (χ0v) is 12.3. The molecule has 2 rings (SSSR count). The van der Waals surface area contributed by atoms with Gasteiger partial charge in [-0.1, -0.05) is 11.6 Å². The summed E-state index contributed by atoms with van der Waals surface area (Å²) >= 11 is 7.36. The number of rotatable bonds is 4. The molecule has 1 amide bonds. The summed E-state index contributed by atoms with van der Waals surface area (Å²) in [5, 5.41) is 0. The van der Waals surface area contributed by atoms with Gasteiger partial charge in [0.1, 0.15) is 5.75 Å². The summed E-state index contributed by atoms with van der Waals surface area (Å²) in [7, 11) is 3.38. The Bertz CT molecular complexity index is 565. The topological polar surface area (TPSA) is 29.5 Å². The summed E-state index contributed by atoms with van der Waals surface area (Å²) in [6.45, 7) is 0.558. The molecule has 0 atom stereocenters. The molecule has 3 nitrogen and oxygen atoms in total. The van der Waals surface area contributed by atoms with Gasteiger partial charge in [-0.15, -0.1) is 11.3 Å². The van der Waals surface area contributed by atoms with Gasteiger partial charge in [-0.05, 0) is 36.4 Å². The van der Waals surface area contributed by atoms with Crippen molar-refractivity contribution in [1.82, 2.24) is 4.90 Å². The van der Waals surface area contributed by atoms with E-state index in [1.54, 1.807) is 43.3 Å². The average molecular weight is 296 g/mol. The third kappa shape index (κ3) is 3.49. The van der Waals surface area contributed by atoms with Gasteiger partial charge in [0, 0.05) is 17.5 Å². The molecule has 0 radical (unpaired) electrons. The van der Waals surface area contributed by atoms with Crippen LogP contribution in [0, 0.1) is 0 Å². The molecule has 0 aliphatic carbocycles. The van der Waals surface area contributed by atoms with Crippen molar-refractivity contribution in [3.63, 3.8) is 0 Å². The Morgan fingerprint density at radius 1 is 1.26 bits per heavy atom. The highest BCUT2D eigenvalue weighted by Crippen LogP contribution is 2.23. The third-order valence-electron chi connectivity index (χ3n) is 2.71. The molecule has 0 N–H and O–H groups in total. The standard InChI is InChI=1S/C14H14ClNO2S/c1-16(9-12-7-8-13(15)19-12)14(17)10-3-5-11(18-2)6-4-10/h3-8H,9H2,1-2H3. The Kier molecular flexibility index (Phi) is 4.45. The van der Waals surface area contributed by atoms with Crippen LogP contribution < -0.4 is 4.74 Å². The summed E-state index contributed by atoms with van der Waals surface area (Å²) in [6, 6.07) is 10.9. The highest BCUT2D eigenvalue weighted by molar-refractivity contribution is 7.16. The van der Waals surface area contributed by atoms with E-state index in [-0.39, 0.29) is 5.91 Å². The van der Waals surface area contributed by atoms with Crippen LogP contribution in [-0.2, 0) is 6.54 Å². The number of methoxy groups -OCH3 is 1. The smallest absolute Gasteiger partial charge is 0.253 e. The van der Waals surface area contributed by atoms with Gasteiger partial charge in [0.05, 0.1) is 18.0 Å². The maximum absolute atomic E-state index is 12.2. The molecule has 5 heteroatoms. The molecule has 0 unspecified atom stereocenters. The van der Waals surface area contributed by atoms with E-state index in [4.69, 9.17) is 16.3 Å². The highest BCUT2D eigenvalue weighted by atomic mass is 35.5. The molecule has 1 aromatic carbocycles. The lowest BCUT2D eigenvalue weighted by Gasteiger charge is -2.16. The lowest BCUT2D eigenvalue weighted by Crippen LogP contribution is -2.25. The van der Waals surface area contributed by atoms with Crippen LogP contribution >= 0.6 is 22.9 Å². The summed E-state index contributed by atoms with van der Waals surface area (Å²) in [4.78, 5) is 14.9. The van der Waals surface area contributed by atoms with E-state index < -0.39 is 0 Å². The minimum atomic E-state index is -0.0211. The summed E-state index contributed by atoms with van der Waals surface area (Å²) in [6.07, 6.45) is 0. The molecule has 19 heavy (non-hydrogen) atoms. The van der Waals surface area contributed by atoms with Crippen LogP contribution in [0.5, 0.6) is 5.75 Å². The van der Waals surface area contributed by atoms with E-state index in [1.165, 1.54) is 11.3 Å². The Morgan fingerprint density at radius 3 is 2.47 bits per heavy atom. The molecule has 0 bridgehead atoms. The lowest BCUT2D eigenvalue weighted by molar-refractivity contribution is 0.0786. The minimum absolute atomic E-state index is 0.0211. The molecule has 0 saturated carbocycles. The van der Waals surface area contributed by atoms with E-state index in [2.05, 4.69) is 0 Å². The molecule has 0 aliphatic heterocycles. The molecule has 1 aromatic heterocycles. The second-order valence-corrected chi connectivity index (χ2v) is 5.90. The SMILES string of the molecule is COc1ccc(C(=O)N(C)Cc2ccc(Cl)s2)cc1. The van der Waals surface area contributed by atoms with E-state index in [9.17, 15) is 4.79 Å². The monoisotopic (exact) mass is 295 g/mol. The van der Waals surface area contributed by atoms with Crippen molar-refractivity contribution in [2.75, 3.05) is 14.2 Å². The molecular weight excluding hydrogens is 282 g/mol. The maximum Gasteiger partial charge on any atom is 0.253 e. The predicted molar refractivity (Wildman–Crippen MR) is 78.1 cm³/mol. The van der Waals surface area contributed by atoms with Gasteiger partial charge < -0.3 is 9.64 Å². The number of hydrogen-bond donors (Lipinski definition) is 0. The molecule has 0 fully saturated rings. The number of benzene rings is 1. The molecule has 0 saturated heterocycles. The number of carbonyl (C=O) groups excluding carboxylic acids is 1. The Morgan fingerprint density at radius 2 is 1.95 bits per heavy atom. The molecule has 2 aromatic rings. The first-order valence-electron chi connectivity index (χ1n) is 5.74. The quantitative estimate of drug-likeness (QED) is 0.861. The zero-order chi connectivity index (χ0) is 13.8. The molecule has 0 spiro atoms. The van der Waals surface area contributed by atoms with Crippen molar-refractivity contribution in [1.29, 1.82) is 0 Å². The number of thiophene rings is 1. The fourth-order valence-electron chi connectivity index (χ4n) is 1.70. The first-order valence-corrected chi connectivity index (χ1v) is 6.93. The molecule has 100 valence electrons. The van der Waals surface area contributed by atoms with Crippen LogP contribution in [0.1, 0.15) is 15.2 Å². The largest absolute Gasteiger partial charge is 0.497 e. The fraction of sp³-hybridized carbons (Fsp3) is 0.214. The fourth-order valence-corrected chi connectivity index (χ4v) is 2.84. The second-order valence-electron chi connectivity index (χ2n) is 4.10. The first-order chi connectivity index (χ1) is 9.10. The van der Waals surface area contributed by atoms with Gasteiger partial charge in [-0.2, -0.15) is 0 Å². The predicted octanol–water partition coefficient (Wildman–Crippen LogP) is 3.68. The van der Waals surface area contributed by atoms with Gasteiger partial charge in [0.2, 0.25) is 0 Å². The molecular formula is C14H14ClNO2S. The molecule has 0 aliphatic rings. The highest BCUT2D eigenvalue weighted by Gasteiger charge is 2.12. The van der Waals surface area contributed by atoms with Crippen LogP contribution in [0.3, 0.4) is 0 Å². The van der Waals surface area contributed by atoms with Crippen molar-refractivity contribution in [2.45, 2.75) is 6.54 Å². The van der Waals surface area contributed by atoms with Crippen LogP contribution in [0.25, 0.3) is 0 Å². The summed E-state index contributed by atoms with van der Waals surface area (Å²) in [5.41, 5.74) is 0.644. The number of carbonyl (C=O) groups is 1. The Hall–Kier alpha value is -1.52. The second kappa shape index (κ2) is 6.08. The van der Waals surface area contributed by atoms with Gasteiger partial charge in [0.15, 0.2) is 0 Å². The van der Waals surface area contributed by atoms with Crippen LogP contribution in [-0.4, -0.2) is 25.0 Å². The van der Waals surface area contributed by atoms with Crippen LogP contribution in [0.15, 0.2) is 36.4 Å². The van der Waals surface area contributed by atoms with E-state index in [0.717, 1.165) is 15.0 Å².